The van der Waals surface area contributed by atoms with Crippen LogP contribution in [0.15, 0.2) is 46.9 Å². The van der Waals surface area contributed by atoms with E-state index in [4.69, 9.17) is 20.8 Å². The SMILES string of the molecule is Cc1cccc(OCCNC(=O)c2oc3ccc(Cl)cc3c2C)c1. The topological polar surface area (TPSA) is 51.5 Å². The molecule has 2 aromatic carbocycles. The molecular formula is C19H18ClNO3. The molecule has 0 aliphatic rings. The molecule has 0 aliphatic heterocycles. The highest BCUT2D eigenvalue weighted by Crippen LogP contribution is 2.27. The predicted octanol–water partition coefficient (Wildman–Crippen LogP) is 4.51. The van der Waals surface area contributed by atoms with Crippen molar-refractivity contribution in [2.24, 2.45) is 0 Å². The van der Waals surface area contributed by atoms with Gasteiger partial charge in [0.1, 0.15) is 17.9 Å². The summed E-state index contributed by atoms with van der Waals surface area (Å²) >= 11 is 5.99. The lowest BCUT2D eigenvalue weighted by atomic mass is 10.1. The number of furan rings is 1. The standard InChI is InChI=1S/C19H18ClNO3/c1-12-4-3-5-15(10-12)23-9-8-21-19(22)18-13(2)16-11-14(20)6-7-17(16)24-18/h3-7,10-11H,8-9H2,1-2H3,(H,21,22). The Kier molecular flexibility index (Phi) is 4.76. The summed E-state index contributed by atoms with van der Waals surface area (Å²) in [6.45, 7) is 4.63. The number of carbonyl (C=O) groups is 1. The second kappa shape index (κ2) is 6.97. The molecule has 1 heterocycles. The van der Waals surface area contributed by atoms with E-state index in [2.05, 4.69) is 5.32 Å². The van der Waals surface area contributed by atoms with Crippen LogP contribution in [0.2, 0.25) is 5.02 Å². The van der Waals surface area contributed by atoms with Gasteiger partial charge in [0.15, 0.2) is 5.76 Å². The van der Waals surface area contributed by atoms with Crippen LogP contribution in [0.25, 0.3) is 11.0 Å². The minimum absolute atomic E-state index is 0.257. The molecule has 3 rings (SSSR count). The van der Waals surface area contributed by atoms with Crippen LogP contribution >= 0.6 is 11.6 Å². The Morgan fingerprint density at radius 2 is 2.04 bits per heavy atom. The lowest BCUT2D eigenvalue weighted by Crippen LogP contribution is -2.28. The van der Waals surface area contributed by atoms with Gasteiger partial charge in [-0.1, -0.05) is 23.7 Å². The summed E-state index contributed by atoms with van der Waals surface area (Å²) in [6.07, 6.45) is 0. The molecule has 0 saturated carbocycles. The number of hydrogen-bond acceptors (Lipinski definition) is 3. The highest BCUT2D eigenvalue weighted by atomic mass is 35.5. The molecule has 0 fully saturated rings. The van der Waals surface area contributed by atoms with Crippen LogP contribution in [0.3, 0.4) is 0 Å². The fourth-order valence-corrected chi connectivity index (χ4v) is 2.70. The summed E-state index contributed by atoms with van der Waals surface area (Å²) in [5, 5.41) is 4.28. The van der Waals surface area contributed by atoms with Crippen molar-refractivity contribution in [2.45, 2.75) is 13.8 Å². The van der Waals surface area contributed by atoms with Crippen LogP contribution in [-0.4, -0.2) is 19.1 Å². The zero-order valence-corrected chi connectivity index (χ0v) is 14.3. The maximum atomic E-state index is 12.3. The Bertz CT molecular complexity index is 885. The van der Waals surface area contributed by atoms with Gasteiger partial charge in [-0.2, -0.15) is 0 Å². The number of fused-ring (bicyclic) bond motifs is 1. The summed E-state index contributed by atoms with van der Waals surface area (Å²) in [5.41, 5.74) is 2.57. The second-order valence-corrected chi connectivity index (χ2v) is 6.05. The van der Waals surface area contributed by atoms with E-state index in [9.17, 15) is 4.79 Å². The molecule has 0 aliphatic carbocycles. The molecule has 1 N–H and O–H groups in total. The molecule has 0 bridgehead atoms. The first-order valence-corrected chi connectivity index (χ1v) is 8.09. The zero-order chi connectivity index (χ0) is 17.1. The highest BCUT2D eigenvalue weighted by Gasteiger charge is 2.17. The molecule has 1 amide bonds. The first-order chi connectivity index (χ1) is 11.5. The van der Waals surface area contributed by atoms with Gasteiger partial charge in [-0.25, -0.2) is 0 Å². The molecule has 0 atom stereocenters. The first kappa shape index (κ1) is 16.4. The van der Waals surface area contributed by atoms with E-state index in [0.717, 1.165) is 22.3 Å². The van der Waals surface area contributed by atoms with Crippen molar-refractivity contribution in [2.75, 3.05) is 13.2 Å². The highest BCUT2D eigenvalue weighted by molar-refractivity contribution is 6.31. The third-order valence-electron chi connectivity index (χ3n) is 3.75. The summed E-state index contributed by atoms with van der Waals surface area (Å²) in [6, 6.07) is 13.1. The number of amides is 1. The molecule has 24 heavy (non-hydrogen) atoms. The lowest BCUT2D eigenvalue weighted by Gasteiger charge is -2.07. The number of hydrogen-bond donors (Lipinski definition) is 1. The number of carbonyl (C=O) groups excluding carboxylic acids is 1. The van der Waals surface area contributed by atoms with Gasteiger partial charge in [0.05, 0.1) is 6.54 Å². The molecule has 0 unspecified atom stereocenters. The van der Waals surface area contributed by atoms with Gasteiger partial charge in [0.25, 0.3) is 5.91 Å². The minimum atomic E-state index is -0.257. The lowest BCUT2D eigenvalue weighted by molar-refractivity contribution is 0.0920. The molecule has 5 heteroatoms. The summed E-state index contributed by atoms with van der Waals surface area (Å²) in [5.74, 6) is 0.842. The molecule has 1 aromatic heterocycles. The van der Waals surface area contributed by atoms with E-state index in [0.29, 0.717) is 29.5 Å². The van der Waals surface area contributed by atoms with Gasteiger partial charge in [-0.05, 0) is 49.7 Å². The molecular weight excluding hydrogens is 326 g/mol. The van der Waals surface area contributed by atoms with Gasteiger partial charge in [0, 0.05) is 16.0 Å². The number of benzene rings is 2. The maximum Gasteiger partial charge on any atom is 0.287 e. The number of halogens is 1. The number of nitrogens with one attached hydrogen (secondary N) is 1. The average molecular weight is 344 g/mol. The van der Waals surface area contributed by atoms with Crippen molar-refractivity contribution in [1.82, 2.24) is 5.32 Å². The van der Waals surface area contributed by atoms with E-state index < -0.39 is 0 Å². The predicted molar refractivity (Wildman–Crippen MR) is 95.0 cm³/mol. The molecule has 0 saturated heterocycles. The van der Waals surface area contributed by atoms with Crippen molar-refractivity contribution in [3.8, 4) is 5.75 Å². The average Bonchev–Trinajstić information content (AvgIpc) is 2.88. The van der Waals surface area contributed by atoms with Crippen molar-refractivity contribution < 1.29 is 13.9 Å². The Hall–Kier alpha value is -2.46. The number of rotatable bonds is 5. The van der Waals surface area contributed by atoms with Crippen molar-refractivity contribution >= 4 is 28.5 Å². The van der Waals surface area contributed by atoms with Gasteiger partial charge in [0.2, 0.25) is 0 Å². The van der Waals surface area contributed by atoms with E-state index in [1.54, 1.807) is 18.2 Å². The van der Waals surface area contributed by atoms with Crippen LogP contribution in [-0.2, 0) is 0 Å². The third-order valence-corrected chi connectivity index (χ3v) is 3.99. The largest absolute Gasteiger partial charge is 0.492 e. The Labute approximate surface area is 145 Å². The Morgan fingerprint density at radius 3 is 2.83 bits per heavy atom. The van der Waals surface area contributed by atoms with E-state index in [1.165, 1.54) is 0 Å². The van der Waals surface area contributed by atoms with Crippen LogP contribution < -0.4 is 10.1 Å². The third kappa shape index (κ3) is 3.54. The molecule has 0 spiro atoms. The molecule has 3 aromatic rings. The monoisotopic (exact) mass is 343 g/mol. The number of ether oxygens (including phenoxy) is 1. The van der Waals surface area contributed by atoms with Gasteiger partial charge in [-0.3, -0.25) is 4.79 Å². The Morgan fingerprint density at radius 1 is 1.21 bits per heavy atom. The second-order valence-electron chi connectivity index (χ2n) is 5.62. The Balaban J connectivity index is 1.60. The van der Waals surface area contributed by atoms with Crippen molar-refractivity contribution in [3.63, 3.8) is 0 Å². The fraction of sp³-hybridized carbons (Fsp3) is 0.211. The maximum absolute atomic E-state index is 12.3. The molecule has 4 nitrogen and oxygen atoms in total. The van der Waals surface area contributed by atoms with E-state index >= 15 is 0 Å². The van der Waals surface area contributed by atoms with Crippen LogP contribution in [0.1, 0.15) is 21.7 Å². The van der Waals surface area contributed by atoms with Crippen LogP contribution in [0, 0.1) is 13.8 Å². The van der Waals surface area contributed by atoms with E-state index in [1.807, 2.05) is 38.1 Å². The van der Waals surface area contributed by atoms with Gasteiger partial charge < -0.3 is 14.5 Å². The smallest absolute Gasteiger partial charge is 0.287 e. The quantitative estimate of drug-likeness (QED) is 0.693. The summed E-state index contributed by atoms with van der Waals surface area (Å²) in [4.78, 5) is 12.3. The van der Waals surface area contributed by atoms with Crippen LogP contribution in [0.5, 0.6) is 5.75 Å². The van der Waals surface area contributed by atoms with Gasteiger partial charge >= 0.3 is 0 Å². The van der Waals surface area contributed by atoms with E-state index in [-0.39, 0.29) is 5.91 Å². The molecule has 0 radical (unpaired) electrons. The summed E-state index contributed by atoms with van der Waals surface area (Å²) < 4.78 is 11.3. The normalized spacial score (nSPS) is 10.8. The number of aryl methyl sites for hydroxylation is 2. The van der Waals surface area contributed by atoms with Gasteiger partial charge in [-0.15, -0.1) is 0 Å². The molecule has 124 valence electrons. The van der Waals surface area contributed by atoms with Crippen molar-refractivity contribution in [3.05, 3.63) is 64.4 Å². The fourth-order valence-electron chi connectivity index (χ4n) is 2.53. The first-order valence-electron chi connectivity index (χ1n) is 7.71. The summed E-state index contributed by atoms with van der Waals surface area (Å²) in [7, 11) is 0. The minimum Gasteiger partial charge on any atom is -0.492 e. The van der Waals surface area contributed by atoms with Crippen molar-refractivity contribution in [1.29, 1.82) is 0 Å². The zero-order valence-electron chi connectivity index (χ0n) is 13.6. The van der Waals surface area contributed by atoms with Crippen LogP contribution in [0.4, 0.5) is 0 Å².